The Kier molecular flexibility index (Phi) is 4.13. The molecule has 0 bridgehead atoms. The van der Waals surface area contributed by atoms with Crippen LogP contribution in [0.1, 0.15) is 30.6 Å². The first kappa shape index (κ1) is 14.3. The fraction of sp³-hybridized carbons (Fsp3) is 0.500. The Morgan fingerprint density at radius 1 is 1.42 bits per heavy atom. The molecule has 0 aliphatic carbocycles. The van der Waals surface area contributed by atoms with Crippen LogP contribution in [0.25, 0.3) is 0 Å². The van der Waals surface area contributed by atoms with Gasteiger partial charge < -0.3 is 10.0 Å². The molecule has 1 fully saturated rings. The highest BCUT2D eigenvalue weighted by Gasteiger charge is 2.26. The molecule has 1 aliphatic rings. The normalized spacial score (nSPS) is 23.5. The molecule has 0 radical (unpaired) electrons. The molecule has 1 aromatic rings. The van der Waals surface area contributed by atoms with Gasteiger partial charge in [-0.3, -0.25) is 0 Å². The standard InChI is InChI=1S/C14H17BrFNO2/c1-8-5-6-17(7-9(8)2)11-4-3-10(14(18)19)12(15)13(11)16/h3-4,8-9H,5-7H2,1-2H3,(H,18,19). The molecule has 0 amide bonds. The van der Waals surface area contributed by atoms with Crippen molar-refractivity contribution in [2.45, 2.75) is 20.3 Å². The Morgan fingerprint density at radius 3 is 2.68 bits per heavy atom. The monoisotopic (exact) mass is 329 g/mol. The quantitative estimate of drug-likeness (QED) is 0.897. The Bertz CT molecular complexity index is 506. The smallest absolute Gasteiger partial charge is 0.336 e. The Balaban J connectivity index is 2.31. The van der Waals surface area contributed by atoms with Gasteiger partial charge in [0.15, 0.2) is 5.82 Å². The molecule has 5 heteroatoms. The maximum atomic E-state index is 14.3. The molecule has 3 nitrogen and oxygen atoms in total. The minimum Gasteiger partial charge on any atom is -0.478 e. The average Bonchev–Trinajstić information content (AvgIpc) is 2.36. The number of benzene rings is 1. The number of nitrogens with zero attached hydrogens (tertiary/aromatic N) is 1. The third kappa shape index (κ3) is 2.76. The molecule has 19 heavy (non-hydrogen) atoms. The molecule has 1 aromatic carbocycles. The van der Waals surface area contributed by atoms with Crippen molar-refractivity contribution in [2.75, 3.05) is 18.0 Å². The third-order valence-electron chi connectivity index (χ3n) is 3.97. The van der Waals surface area contributed by atoms with Crippen molar-refractivity contribution >= 4 is 27.6 Å². The zero-order valence-electron chi connectivity index (χ0n) is 11.0. The lowest BCUT2D eigenvalue weighted by Crippen LogP contribution is -2.38. The lowest BCUT2D eigenvalue weighted by Gasteiger charge is -2.37. The van der Waals surface area contributed by atoms with Gasteiger partial charge in [0.2, 0.25) is 0 Å². The summed E-state index contributed by atoms with van der Waals surface area (Å²) >= 11 is 3.04. The van der Waals surface area contributed by atoms with Crippen LogP contribution in [-0.2, 0) is 0 Å². The van der Waals surface area contributed by atoms with E-state index in [2.05, 4.69) is 29.8 Å². The molecular formula is C14H17BrFNO2. The summed E-state index contributed by atoms with van der Waals surface area (Å²) in [7, 11) is 0. The molecule has 0 saturated carbocycles. The first-order valence-corrected chi connectivity index (χ1v) is 7.17. The van der Waals surface area contributed by atoms with E-state index in [9.17, 15) is 9.18 Å². The van der Waals surface area contributed by atoms with Crippen LogP contribution < -0.4 is 4.90 Å². The van der Waals surface area contributed by atoms with E-state index in [1.165, 1.54) is 6.07 Å². The van der Waals surface area contributed by atoms with Gasteiger partial charge >= 0.3 is 5.97 Å². The number of carboxylic acid groups (broad SMARTS) is 1. The lowest BCUT2D eigenvalue weighted by molar-refractivity contribution is 0.0695. The lowest BCUT2D eigenvalue weighted by atomic mass is 9.88. The summed E-state index contributed by atoms with van der Waals surface area (Å²) in [6.45, 7) is 5.98. The molecule has 2 rings (SSSR count). The number of hydrogen-bond acceptors (Lipinski definition) is 2. The summed E-state index contributed by atoms with van der Waals surface area (Å²) in [5, 5.41) is 8.96. The predicted molar refractivity (Wildman–Crippen MR) is 76.2 cm³/mol. The van der Waals surface area contributed by atoms with E-state index in [1.54, 1.807) is 6.07 Å². The molecule has 1 aliphatic heterocycles. The predicted octanol–water partition coefficient (Wildman–Crippen LogP) is 3.77. The van der Waals surface area contributed by atoms with Crippen LogP contribution in [0.4, 0.5) is 10.1 Å². The van der Waals surface area contributed by atoms with Gasteiger partial charge in [0, 0.05) is 13.1 Å². The number of halogens is 2. The molecule has 1 saturated heterocycles. The second kappa shape index (κ2) is 5.49. The summed E-state index contributed by atoms with van der Waals surface area (Å²) in [5.41, 5.74) is 0.440. The Hall–Kier alpha value is -1.10. The number of carbonyl (C=O) groups is 1. The molecule has 0 spiro atoms. The van der Waals surface area contributed by atoms with E-state index in [0.29, 0.717) is 17.5 Å². The molecule has 104 valence electrons. The highest BCUT2D eigenvalue weighted by atomic mass is 79.9. The van der Waals surface area contributed by atoms with Crippen LogP contribution in [0, 0.1) is 17.7 Å². The van der Waals surface area contributed by atoms with Crippen molar-refractivity contribution in [3.05, 3.63) is 28.0 Å². The minimum absolute atomic E-state index is 0.0313. The Labute approximate surface area is 120 Å². The SMILES string of the molecule is CC1CCN(c2ccc(C(=O)O)c(Br)c2F)CC1C. The topological polar surface area (TPSA) is 40.5 Å². The fourth-order valence-corrected chi connectivity index (χ4v) is 2.94. The summed E-state index contributed by atoms with van der Waals surface area (Å²) in [5.74, 6) is -0.466. The van der Waals surface area contributed by atoms with Gasteiger partial charge in [-0.1, -0.05) is 13.8 Å². The third-order valence-corrected chi connectivity index (χ3v) is 4.74. The van der Waals surface area contributed by atoms with E-state index in [0.717, 1.165) is 19.5 Å². The van der Waals surface area contributed by atoms with Gasteiger partial charge in [-0.25, -0.2) is 9.18 Å². The first-order chi connectivity index (χ1) is 8.91. The zero-order chi connectivity index (χ0) is 14.2. The van der Waals surface area contributed by atoms with Crippen molar-refractivity contribution in [2.24, 2.45) is 11.8 Å². The van der Waals surface area contributed by atoms with Gasteiger partial charge in [-0.2, -0.15) is 0 Å². The van der Waals surface area contributed by atoms with Gasteiger partial charge in [-0.05, 0) is 46.3 Å². The Morgan fingerprint density at radius 2 is 2.11 bits per heavy atom. The van der Waals surface area contributed by atoms with E-state index in [4.69, 9.17) is 5.11 Å². The van der Waals surface area contributed by atoms with Crippen molar-refractivity contribution < 1.29 is 14.3 Å². The van der Waals surface area contributed by atoms with Gasteiger partial charge in [0.05, 0.1) is 15.7 Å². The van der Waals surface area contributed by atoms with Crippen LogP contribution in [0.5, 0.6) is 0 Å². The second-order valence-corrected chi connectivity index (χ2v) is 6.05. The van der Waals surface area contributed by atoms with Crippen LogP contribution in [0.2, 0.25) is 0 Å². The van der Waals surface area contributed by atoms with Crippen LogP contribution >= 0.6 is 15.9 Å². The van der Waals surface area contributed by atoms with Crippen molar-refractivity contribution in [1.29, 1.82) is 0 Å². The van der Waals surface area contributed by atoms with Crippen molar-refractivity contribution in [3.63, 3.8) is 0 Å². The molecule has 2 atom stereocenters. The molecule has 1 N–H and O–H groups in total. The van der Waals surface area contributed by atoms with Crippen molar-refractivity contribution in [3.8, 4) is 0 Å². The maximum absolute atomic E-state index is 14.3. The van der Waals surface area contributed by atoms with Gasteiger partial charge in [-0.15, -0.1) is 0 Å². The number of rotatable bonds is 2. The first-order valence-electron chi connectivity index (χ1n) is 6.38. The summed E-state index contributed by atoms with van der Waals surface area (Å²) in [4.78, 5) is 12.9. The molecule has 2 unspecified atom stereocenters. The van der Waals surface area contributed by atoms with E-state index >= 15 is 0 Å². The highest BCUT2D eigenvalue weighted by molar-refractivity contribution is 9.10. The summed E-state index contributed by atoms with van der Waals surface area (Å²) in [6.07, 6.45) is 1.03. The van der Waals surface area contributed by atoms with Crippen LogP contribution in [0.3, 0.4) is 0 Å². The average molecular weight is 330 g/mol. The van der Waals surface area contributed by atoms with Gasteiger partial charge in [0.1, 0.15) is 0 Å². The molecular weight excluding hydrogens is 313 g/mol. The largest absolute Gasteiger partial charge is 0.478 e. The van der Waals surface area contributed by atoms with E-state index < -0.39 is 11.8 Å². The summed E-state index contributed by atoms with van der Waals surface area (Å²) in [6, 6.07) is 3.01. The number of aromatic carboxylic acids is 1. The maximum Gasteiger partial charge on any atom is 0.336 e. The number of anilines is 1. The number of carboxylic acids is 1. The molecule has 1 heterocycles. The zero-order valence-corrected chi connectivity index (χ0v) is 12.6. The van der Waals surface area contributed by atoms with Crippen LogP contribution in [-0.4, -0.2) is 24.2 Å². The second-order valence-electron chi connectivity index (χ2n) is 5.25. The number of hydrogen-bond donors (Lipinski definition) is 1. The fourth-order valence-electron chi connectivity index (χ4n) is 2.43. The number of piperidine rings is 1. The van der Waals surface area contributed by atoms with E-state index in [1.807, 2.05) is 4.90 Å². The van der Waals surface area contributed by atoms with E-state index in [-0.39, 0.29) is 10.0 Å². The minimum atomic E-state index is -1.13. The van der Waals surface area contributed by atoms with Crippen molar-refractivity contribution in [1.82, 2.24) is 0 Å². The highest BCUT2D eigenvalue weighted by Crippen LogP contribution is 2.33. The summed E-state index contributed by atoms with van der Waals surface area (Å²) < 4.78 is 14.3. The molecule has 0 aromatic heterocycles. The van der Waals surface area contributed by atoms with Crippen LogP contribution in [0.15, 0.2) is 16.6 Å². The van der Waals surface area contributed by atoms with Gasteiger partial charge in [0.25, 0.3) is 0 Å².